The van der Waals surface area contributed by atoms with Crippen LogP contribution >= 0.6 is 15.9 Å². The van der Waals surface area contributed by atoms with Crippen LogP contribution in [0, 0.1) is 0 Å². The molecule has 2 N–H and O–H groups in total. The van der Waals surface area contributed by atoms with Gasteiger partial charge in [-0.05, 0) is 0 Å². The number of nitrogens with zero attached hydrogens (tertiary/aromatic N) is 2. The molecule has 0 bridgehead atoms. The summed E-state index contributed by atoms with van der Waals surface area (Å²) in [5, 5.41) is 6.27. The second kappa shape index (κ2) is 4.68. The lowest BCUT2D eigenvalue weighted by Gasteiger charge is -2.00. The van der Waals surface area contributed by atoms with Crippen molar-refractivity contribution in [2.24, 2.45) is 0 Å². The number of sulfonamides is 1. The summed E-state index contributed by atoms with van der Waals surface area (Å²) in [6.07, 6.45) is 1.89. The second-order valence-electron chi connectivity index (χ2n) is 2.30. The second-order valence-corrected chi connectivity index (χ2v) is 5.41. The van der Waals surface area contributed by atoms with Crippen molar-refractivity contribution in [2.45, 2.75) is 6.42 Å². The van der Waals surface area contributed by atoms with E-state index in [-0.39, 0.29) is 4.66 Å². The molecule has 6 nitrogen and oxygen atoms in total. The van der Waals surface area contributed by atoms with Gasteiger partial charge in [-0.15, -0.1) is 0 Å². The van der Waals surface area contributed by atoms with E-state index >= 15 is 0 Å². The zero-order chi connectivity index (χ0) is 9.73. The average molecular weight is 269 g/mol. The number of hydrogen-bond acceptors (Lipinski definition) is 4. The lowest BCUT2D eigenvalue weighted by molar-refractivity contribution is 0.586. The Bertz CT molecular complexity index is 335. The lowest BCUT2D eigenvalue weighted by Crippen LogP contribution is -2.26. The van der Waals surface area contributed by atoms with Crippen molar-refractivity contribution in [1.82, 2.24) is 19.9 Å². The molecular formula is C5H9BrN4O2S. The number of aromatic amines is 1. The molecule has 1 aromatic heterocycles. The summed E-state index contributed by atoms with van der Waals surface area (Å²) in [6, 6.07) is 0. The Morgan fingerprint density at radius 3 is 2.92 bits per heavy atom. The van der Waals surface area contributed by atoms with Crippen molar-refractivity contribution in [3.8, 4) is 0 Å². The molecule has 0 aliphatic carbocycles. The first kappa shape index (κ1) is 10.6. The zero-order valence-electron chi connectivity index (χ0n) is 6.70. The van der Waals surface area contributed by atoms with E-state index in [4.69, 9.17) is 0 Å². The summed E-state index contributed by atoms with van der Waals surface area (Å²) >= 11 is 2.86. The van der Waals surface area contributed by atoms with Crippen LogP contribution in [-0.4, -0.2) is 34.8 Å². The van der Waals surface area contributed by atoms with E-state index in [9.17, 15) is 8.42 Å². The maximum atomic E-state index is 10.9. The smallest absolute Gasteiger partial charge is 0.221 e. The first-order valence-electron chi connectivity index (χ1n) is 3.51. The van der Waals surface area contributed by atoms with Crippen LogP contribution in [0.25, 0.3) is 0 Å². The first-order valence-corrected chi connectivity index (χ1v) is 6.29. The molecule has 0 spiro atoms. The van der Waals surface area contributed by atoms with Gasteiger partial charge in [-0.25, -0.2) is 18.1 Å². The molecule has 0 unspecified atom stereocenters. The van der Waals surface area contributed by atoms with Gasteiger partial charge in [-0.3, -0.25) is 5.10 Å². The maximum absolute atomic E-state index is 10.9. The minimum atomic E-state index is -3.17. The monoisotopic (exact) mass is 268 g/mol. The van der Waals surface area contributed by atoms with Crippen LogP contribution in [0.3, 0.4) is 0 Å². The van der Waals surface area contributed by atoms with Gasteiger partial charge in [0.05, 0.1) is 0 Å². The third-order valence-electron chi connectivity index (χ3n) is 1.29. The molecule has 74 valence electrons. The SMILES string of the molecule is O=S(=O)(CBr)NCCc1ncn[nH]1. The van der Waals surface area contributed by atoms with E-state index in [1.807, 2.05) is 0 Å². The van der Waals surface area contributed by atoms with E-state index in [1.54, 1.807) is 0 Å². The van der Waals surface area contributed by atoms with Gasteiger partial charge in [0.15, 0.2) is 0 Å². The Balaban J connectivity index is 2.30. The highest BCUT2D eigenvalue weighted by Gasteiger charge is 2.06. The average Bonchev–Trinajstić information content (AvgIpc) is 2.57. The Morgan fingerprint density at radius 2 is 2.38 bits per heavy atom. The standard InChI is InChI=1S/C5H9BrN4O2S/c6-3-13(11,12)9-2-1-5-7-4-8-10-5/h4,9H,1-3H2,(H,7,8,10). The number of H-pyrrole nitrogens is 1. The molecule has 0 aliphatic rings. The fraction of sp³-hybridized carbons (Fsp3) is 0.600. The summed E-state index contributed by atoms with van der Waals surface area (Å²) in [6.45, 7) is 0.323. The maximum Gasteiger partial charge on any atom is 0.221 e. The number of aromatic nitrogens is 3. The topological polar surface area (TPSA) is 87.7 Å². The van der Waals surface area contributed by atoms with E-state index in [1.165, 1.54) is 6.33 Å². The van der Waals surface area contributed by atoms with Crippen LogP contribution in [0.15, 0.2) is 6.33 Å². The molecular weight excluding hydrogens is 260 g/mol. The highest BCUT2D eigenvalue weighted by molar-refractivity contribution is 9.10. The number of halogens is 1. The molecule has 0 aliphatic heterocycles. The molecule has 0 aromatic carbocycles. The third-order valence-corrected chi connectivity index (χ3v) is 4.03. The van der Waals surface area contributed by atoms with Gasteiger partial charge < -0.3 is 0 Å². The van der Waals surface area contributed by atoms with Gasteiger partial charge in [0.2, 0.25) is 10.0 Å². The summed E-state index contributed by atoms with van der Waals surface area (Å²) in [5.41, 5.74) is 0. The van der Waals surface area contributed by atoms with Gasteiger partial charge in [-0.2, -0.15) is 5.10 Å². The summed E-state index contributed by atoms with van der Waals surface area (Å²) in [7, 11) is -3.17. The van der Waals surface area contributed by atoms with Gasteiger partial charge >= 0.3 is 0 Å². The number of alkyl halides is 1. The predicted molar refractivity (Wildman–Crippen MR) is 50.8 cm³/mol. The molecule has 0 radical (unpaired) electrons. The van der Waals surface area contributed by atoms with Crippen molar-refractivity contribution in [3.63, 3.8) is 0 Å². The lowest BCUT2D eigenvalue weighted by atomic mass is 10.4. The predicted octanol–water partition coefficient (Wildman–Crippen LogP) is -0.381. The zero-order valence-corrected chi connectivity index (χ0v) is 9.10. The van der Waals surface area contributed by atoms with Crippen LogP contribution < -0.4 is 4.72 Å². The number of hydrogen-bond donors (Lipinski definition) is 2. The Hall–Kier alpha value is -0.470. The van der Waals surface area contributed by atoms with Crippen molar-refractivity contribution in [1.29, 1.82) is 0 Å². The van der Waals surface area contributed by atoms with Crippen LogP contribution in [0.2, 0.25) is 0 Å². The molecule has 8 heteroatoms. The van der Waals surface area contributed by atoms with Gasteiger partial charge in [0, 0.05) is 13.0 Å². The summed E-state index contributed by atoms with van der Waals surface area (Å²) in [5.74, 6) is 0.664. The van der Waals surface area contributed by atoms with Crippen molar-refractivity contribution in [3.05, 3.63) is 12.2 Å². The summed E-state index contributed by atoms with van der Waals surface area (Å²) < 4.78 is 24.1. The third kappa shape index (κ3) is 3.83. The molecule has 1 heterocycles. The normalized spacial score (nSPS) is 11.8. The van der Waals surface area contributed by atoms with Crippen LogP contribution in [0.4, 0.5) is 0 Å². The molecule has 1 aromatic rings. The minimum Gasteiger partial charge on any atom is -0.263 e. The van der Waals surface area contributed by atoms with Gasteiger partial charge in [0.25, 0.3) is 0 Å². The fourth-order valence-corrected chi connectivity index (χ4v) is 1.69. The highest BCUT2D eigenvalue weighted by Crippen LogP contribution is 1.92. The molecule has 1 rings (SSSR count). The van der Waals surface area contributed by atoms with Gasteiger partial charge in [-0.1, -0.05) is 15.9 Å². The Kier molecular flexibility index (Phi) is 3.82. The van der Waals surface area contributed by atoms with E-state index in [0.29, 0.717) is 18.8 Å². The first-order chi connectivity index (χ1) is 6.14. The fourth-order valence-electron chi connectivity index (χ4n) is 0.715. The quantitative estimate of drug-likeness (QED) is 0.713. The molecule has 13 heavy (non-hydrogen) atoms. The van der Waals surface area contributed by atoms with Crippen molar-refractivity contribution < 1.29 is 8.42 Å². The van der Waals surface area contributed by atoms with Crippen LogP contribution in [-0.2, 0) is 16.4 Å². The molecule has 0 amide bonds. The van der Waals surface area contributed by atoms with Gasteiger partial charge in [0.1, 0.15) is 16.8 Å². The Morgan fingerprint density at radius 1 is 1.62 bits per heavy atom. The van der Waals surface area contributed by atoms with Crippen LogP contribution in [0.1, 0.15) is 5.82 Å². The van der Waals surface area contributed by atoms with Crippen LogP contribution in [0.5, 0.6) is 0 Å². The van der Waals surface area contributed by atoms with Crippen molar-refractivity contribution in [2.75, 3.05) is 11.2 Å². The largest absolute Gasteiger partial charge is 0.263 e. The summed E-state index contributed by atoms with van der Waals surface area (Å²) in [4.78, 5) is 3.85. The van der Waals surface area contributed by atoms with E-state index in [0.717, 1.165) is 0 Å². The minimum absolute atomic E-state index is 0.0869. The Labute approximate surface area is 84.3 Å². The molecule has 0 saturated carbocycles. The molecule has 0 atom stereocenters. The van der Waals surface area contributed by atoms with E-state index < -0.39 is 10.0 Å². The number of rotatable bonds is 5. The molecule has 0 saturated heterocycles. The highest BCUT2D eigenvalue weighted by atomic mass is 79.9. The van der Waals surface area contributed by atoms with Crippen molar-refractivity contribution >= 4 is 26.0 Å². The van der Waals surface area contributed by atoms with E-state index in [2.05, 4.69) is 35.8 Å². The molecule has 0 fully saturated rings. The number of nitrogens with one attached hydrogen (secondary N) is 2.